The summed E-state index contributed by atoms with van der Waals surface area (Å²) in [6.07, 6.45) is 1.50. The van der Waals surface area contributed by atoms with E-state index in [9.17, 15) is 9.90 Å². The third-order valence-corrected chi connectivity index (χ3v) is 4.02. The first-order chi connectivity index (χ1) is 9.99. The molecule has 1 saturated heterocycles. The molecular formula is C14H17N5O2. The van der Waals surface area contributed by atoms with Gasteiger partial charge in [0.15, 0.2) is 0 Å². The highest BCUT2D eigenvalue weighted by Crippen LogP contribution is 2.29. The molecule has 0 saturated carbocycles. The Morgan fingerprint density at radius 3 is 2.48 bits per heavy atom. The van der Waals surface area contributed by atoms with Crippen molar-refractivity contribution in [2.45, 2.75) is 19.4 Å². The maximum Gasteiger partial charge on any atom is 0.254 e. The fourth-order valence-electron chi connectivity index (χ4n) is 2.34. The van der Waals surface area contributed by atoms with Gasteiger partial charge in [-0.15, -0.1) is 5.10 Å². The third kappa shape index (κ3) is 2.40. The van der Waals surface area contributed by atoms with Gasteiger partial charge in [-0.05, 0) is 40.6 Å². The minimum atomic E-state index is -0.748. The Balaban J connectivity index is 1.70. The van der Waals surface area contributed by atoms with E-state index in [0.29, 0.717) is 18.7 Å². The van der Waals surface area contributed by atoms with Crippen LogP contribution in [0.3, 0.4) is 0 Å². The monoisotopic (exact) mass is 287 g/mol. The van der Waals surface area contributed by atoms with Gasteiger partial charge in [-0.1, -0.05) is 13.8 Å². The number of likely N-dealkylation sites (tertiary alicyclic amines) is 1. The number of hydrogen-bond donors (Lipinski definition) is 1. The van der Waals surface area contributed by atoms with Gasteiger partial charge in [-0.3, -0.25) is 4.79 Å². The molecule has 0 atom stereocenters. The summed E-state index contributed by atoms with van der Waals surface area (Å²) in [6.45, 7) is 4.70. The molecule has 1 fully saturated rings. The maximum absolute atomic E-state index is 12.3. The van der Waals surface area contributed by atoms with Gasteiger partial charge < -0.3 is 10.0 Å². The standard InChI is InChI=1S/C14H17N5O2/c1-10(2)14(21)7-18(8-14)13(20)11-3-5-12(6-4-11)19-9-15-16-17-19/h3-6,9-10,21H,7-8H2,1-2H3. The lowest BCUT2D eigenvalue weighted by Crippen LogP contribution is -2.65. The van der Waals surface area contributed by atoms with Gasteiger partial charge in [0.1, 0.15) is 11.9 Å². The second kappa shape index (κ2) is 4.92. The van der Waals surface area contributed by atoms with E-state index in [2.05, 4.69) is 15.5 Å². The quantitative estimate of drug-likeness (QED) is 0.889. The molecule has 1 aliphatic rings. The Labute approximate surface area is 122 Å². The summed E-state index contributed by atoms with van der Waals surface area (Å²) in [5.74, 6) is 0.0762. The Bertz CT molecular complexity index is 630. The number of tetrazole rings is 1. The molecule has 110 valence electrons. The number of hydrogen-bond acceptors (Lipinski definition) is 5. The summed E-state index contributed by atoms with van der Waals surface area (Å²) in [7, 11) is 0. The van der Waals surface area contributed by atoms with Crippen LogP contribution in [-0.2, 0) is 0 Å². The average molecular weight is 287 g/mol. The number of nitrogens with zero attached hydrogens (tertiary/aromatic N) is 5. The van der Waals surface area contributed by atoms with Crippen molar-refractivity contribution in [3.63, 3.8) is 0 Å². The molecule has 0 bridgehead atoms. The molecule has 7 nitrogen and oxygen atoms in total. The normalized spacial score (nSPS) is 16.9. The van der Waals surface area contributed by atoms with Gasteiger partial charge in [0.05, 0.1) is 18.8 Å². The van der Waals surface area contributed by atoms with Crippen molar-refractivity contribution in [1.29, 1.82) is 0 Å². The summed E-state index contributed by atoms with van der Waals surface area (Å²) in [5.41, 5.74) is 0.638. The number of aliphatic hydroxyl groups is 1. The van der Waals surface area contributed by atoms with E-state index in [1.54, 1.807) is 29.2 Å². The zero-order valence-corrected chi connectivity index (χ0v) is 12.0. The van der Waals surface area contributed by atoms with Crippen LogP contribution in [0.25, 0.3) is 5.69 Å². The molecular weight excluding hydrogens is 270 g/mol. The highest BCUT2D eigenvalue weighted by Gasteiger charge is 2.45. The molecule has 7 heteroatoms. The topological polar surface area (TPSA) is 84.1 Å². The van der Waals surface area contributed by atoms with Gasteiger partial charge in [0.25, 0.3) is 5.91 Å². The Kier molecular flexibility index (Phi) is 3.21. The largest absolute Gasteiger partial charge is 0.386 e. The summed E-state index contributed by atoms with van der Waals surface area (Å²) in [4.78, 5) is 14.0. The number of rotatable bonds is 3. The zero-order chi connectivity index (χ0) is 15.0. The molecule has 2 heterocycles. The third-order valence-electron chi connectivity index (χ3n) is 4.02. The summed E-state index contributed by atoms with van der Waals surface area (Å²) >= 11 is 0. The van der Waals surface area contributed by atoms with E-state index in [1.165, 1.54) is 11.0 Å². The van der Waals surface area contributed by atoms with Crippen LogP contribution in [0.2, 0.25) is 0 Å². The molecule has 1 amide bonds. The van der Waals surface area contributed by atoms with Crippen molar-refractivity contribution in [1.82, 2.24) is 25.1 Å². The van der Waals surface area contributed by atoms with Crippen LogP contribution >= 0.6 is 0 Å². The molecule has 0 radical (unpaired) electrons. The SMILES string of the molecule is CC(C)C1(O)CN(C(=O)c2ccc(-n3cnnn3)cc2)C1. The van der Waals surface area contributed by atoms with Crippen molar-refractivity contribution < 1.29 is 9.90 Å². The van der Waals surface area contributed by atoms with Gasteiger partial charge >= 0.3 is 0 Å². The summed E-state index contributed by atoms with van der Waals surface area (Å²) in [6, 6.07) is 7.06. The van der Waals surface area contributed by atoms with Crippen molar-refractivity contribution in [2.24, 2.45) is 5.92 Å². The number of β-amino-alcohol motifs (C(OH)–C–C–N with tert-alkyl or cyclic N) is 1. The van der Waals surface area contributed by atoms with Crippen molar-refractivity contribution in [3.8, 4) is 5.69 Å². The van der Waals surface area contributed by atoms with Crippen molar-refractivity contribution in [3.05, 3.63) is 36.2 Å². The van der Waals surface area contributed by atoms with Crippen LogP contribution in [0.4, 0.5) is 0 Å². The highest BCUT2D eigenvalue weighted by molar-refractivity contribution is 5.95. The molecule has 0 unspecified atom stereocenters. The van der Waals surface area contributed by atoms with Crippen LogP contribution in [0.5, 0.6) is 0 Å². The number of benzene rings is 1. The van der Waals surface area contributed by atoms with Crippen molar-refractivity contribution in [2.75, 3.05) is 13.1 Å². The van der Waals surface area contributed by atoms with E-state index < -0.39 is 5.60 Å². The number of amides is 1. The van der Waals surface area contributed by atoms with Gasteiger partial charge in [-0.25, -0.2) is 4.68 Å². The molecule has 0 spiro atoms. The van der Waals surface area contributed by atoms with Gasteiger partial charge in [0, 0.05) is 5.56 Å². The highest BCUT2D eigenvalue weighted by atomic mass is 16.3. The first-order valence-electron chi connectivity index (χ1n) is 6.85. The second-order valence-corrected chi connectivity index (χ2v) is 5.72. The van der Waals surface area contributed by atoms with Crippen molar-refractivity contribution >= 4 is 5.91 Å². The first kappa shape index (κ1) is 13.7. The number of aromatic nitrogens is 4. The zero-order valence-electron chi connectivity index (χ0n) is 12.0. The van der Waals surface area contributed by atoms with Gasteiger partial charge in [-0.2, -0.15) is 0 Å². The Hall–Kier alpha value is -2.28. The molecule has 2 aromatic rings. The smallest absolute Gasteiger partial charge is 0.254 e. The lowest BCUT2D eigenvalue weighted by atomic mass is 9.82. The fourth-order valence-corrected chi connectivity index (χ4v) is 2.34. The second-order valence-electron chi connectivity index (χ2n) is 5.72. The van der Waals surface area contributed by atoms with E-state index in [4.69, 9.17) is 0 Å². The number of carbonyl (C=O) groups excluding carboxylic acids is 1. The Morgan fingerprint density at radius 2 is 1.95 bits per heavy atom. The average Bonchev–Trinajstić information content (AvgIpc) is 2.97. The lowest BCUT2D eigenvalue weighted by Gasteiger charge is -2.49. The molecule has 0 aliphatic carbocycles. The number of carbonyl (C=O) groups is 1. The predicted molar refractivity (Wildman–Crippen MR) is 74.8 cm³/mol. The minimum absolute atomic E-state index is 0.0661. The molecule has 1 aromatic heterocycles. The van der Waals surface area contributed by atoms with Crippen LogP contribution in [0, 0.1) is 5.92 Å². The van der Waals surface area contributed by atoms with E-state index in [0.717, 1.165) is 5.69 Å². The maximum atomic E-state index is 12.3. The molecule has 3 rings (SSSR count). The first-order valence-corrected chi connectivity index (χ1v) is 6.85. The summed E-state index contributed by atoms with van der Waals surface area (Å²) < 4.78 is 1.52. The van der Waals surface area contributed by atoms with E-state index >= 15 is 0 Å². The van der Waals surface area contributed by atoms with Crippen LogP contribution in [0.15, 0.2) is 30.6 Å². The Morgan fingerprint density at radius 1 is 1.29 bits per heavy atom. The molecule has 1 aromatic carbocycles. The lowest BCUT2D eigenvalue weighted by molar-refractivity contribution is -0.110. The fraction of sp³-hybridized carbons (Fsp3) is 0.429. The predicted octanol–water partition coefficient (Wildman–Crippen LogP) is 0.505. The minimum Gasteiger partial charge on any atom is -0.386 e. The molecule has 1 N–H and O–H groups in total. The van der Waals surface area contributed by atoms with E-state index in [1.807, 2.05) is 13.8 Å². The van der Waals surface area contributed by atoms with E-state index in [-0.39, 0.29) is 11.8 Å². The van der Waals surface area contributed by atoms with Crippen LogP contribution in [-0.4, -0.2) is 54.8 Å². The molecule has 21 heavy (non-hydrogen) atoms. The van der Waals surface area contributed by atoms with Crippen LogP contribution in [0.1, 0.15) is 24.2 Å². The van der Waals surface area contributed by atoms with Gasteiger partial charge in [0.2, 0.25) is 0 Å². The summed E-state index contributed by atoms with van der Waals surface area (Å²) in [5, 5.41) is 21.1. The van der Waals surface area contributed by atoms with Crippen LogP contribution < -0.4 is 0 Å². The molecule has 1 aliphatic heterocycles.